The standard InChI is InChI=1S/C20H27F3N6.H3NO2S/c21-20(22,23)14-5-8-17(18(12-14)19-26-28-29-27-19)13-3-6-16(7-4-13)25-15-2-1-10-24-11-9-15;1-4(2)3/h5,8,12-13,15-16,24-25H,1-4,6-7,9-11H2,(H,26,27,28,29);4H,(H2,1,2,3). The van der Waals surface area contributed by atoms with E-state index in [4.69, 9.17) is 8.42 Å². The normalized spacial score (nSPS) is 24.1. The van der Waals surface area contributed by atoms with Crippen LogP contribution in [0.15, 0.2) is 18.2 Å². The molecule has 13 heteroatoms. The average molecular weight is 490 g/mol. The first-order valence-electron chi connectivity index (χ1n) is 11.0. The van der Waals surface area contributed by atoms with Crippen molar-refractivity contribution in [1.29, 1.82) is 0 Å². The van der Waals surface area contributed by atoms with Crippen LogP contribution in [0.2, 0.25) is 0 Å². The monoisotopic (exact) mass is 489 g/mol. The number of nitrogens with zero attached hydrogens (tertiary/aromatic N) is 3. The third-order valence-electron chi connectivity index (χ3n) is 6.20. The Balaban J connectivity index is 0.000000709. The maximum absolute atomic E-state index is 13.2. The number of hydrogen-bond donors (Lipinski definition) is 5. The lowest BCUT2D eigenvalue weighted by molar-refractivity contribution is -0.137. The molecule has 184 valence electrons. The number of nitrogens with one attached hydrogen (secondary N) is 3. The van der Waals surface area contributed by atoms with Crippen molar-refractivity contribution in [3.63, 3.8) is 0 Å². The molecule has 1 aromatic heterocycles. The summed E-state index contributed by atoms with van der Waals surface area (Å²) in [5, 5.41) is 24.9. The Kier molecular flexibility index (Phi) is 9.18. The number of alkyl halides is 3. The van der Waals surface area contributed by atoms with Gasteiger partial charge in [-0.15, -0.1) is 5.10 Å². The molecule has 1 saturated heterocycles. The first kappa shape index (κ1) is 25.5. The fraction of sp³-hybridized carbons (Fsp3) is 0.650. The Morgan fingerprint density at radius 3 is 2.36 bits per heavy atom. The molecule has 2 aliphatic rings. The average Bonchev–Trinajstić information content (AvgIpc) is 3.18. The first-order valence-corrected chi connectivity index (χ1v) is 12.3. The molecule has 33 heavy (non-hydrogen) atoms. The molecular formula is C20H30F3N7O2S. The van der Waals surface area contributed by atoms with E-state index >= 15 is 0 Å². The maximum Gasteiger partial charge on any atom is 0.416 e. The Morgan fingerprint density at radius 1 is 1.03 bits per heavy atom. The van der Waals surface area contributed by atoms with E-state index in [1.807, 2.05) is 0 Å². The molecule has 0 bridgehead atoms. The molecule has 1 saturated carbocycles. The van der Waals surface area contributed by atoms with Gasteiger partial charge in [0.25, 0.3) is 0 Å². The molecule has 5 N–H and O–H groups in total. The third kappa shape index (κ3) is 7.73. The largest absolute Gasteiger partial charge is 0.416 e. The second-order valence-electron chi connectivity index (χ2n) is 8.43. The summed E-state index contributed by atoms with van der Waals surface area (Å²) in [5.41, 5.74) is 0.676. The number of hydrogen-bond acceptors (Lipinski definition) is 7. The van der Waals surface area contributed by atoms with Crippen LogP contribution in [-0.2, 0) is 17.1 Å². The summed E-state index contributed by atoms with van der Waals surface area (Å²) in [6, 6.07) is 5.00. The van der Waals surface area contributed by atoms with Gasteiger partial charge in [-0.3, -0.25) is 0 Å². The Labute approximate surface area is 192 Å². The zero-order valence-electron chi connectivity index (χ0n) is 18.1. The van der Waals surface area contributed by atoms with Gasteiger partial charge in [0.05, 0.1) is 5.56 Å². The van der Waals surface area contributed by atoms with Crippen LogP contribution in [-0.4, -0.2) is 54.2 Å². The van der Waals surface area contributed by atoms with E-state index in [0.29, 0.717) is 17.6 Å². The summed E-state index contributed by atoms with van der Waals surface area (Å²) < 4.78 is 57.3. The number of thiol groups is 1. The van der Waals surface area contributed by atoms with E-state index in [1.165, 1.54) is 25.0 Å². The van der Waals surface area contributed by atoms with Crippen molar-refractivity contribution in [2.45, 2.75) is 69.1 Å². The second-order valence-corrected chi connectivity index (χ2v) is 9.00. The number of rotatable bonds is 4. The molecule has 0 spiro atoms. The number of nitrogens with two attached hydrogens (primary N) is 1. The highest BCUT2D eigenvalue weighted by Crippen LogP contribution is 2.40. The zero-order chi connectivity index (χ0) is 23.8. The van der Waals surface area contributed by atoms with Gasteiger partial charge in [0.2, 0.25) is 0 Å². The van der Waals surface area contributed by atoms with Gasteiger partial charge >= 0.3 is 6.18 Å². The van der Waals surface area contributed by atoms with Crippen LogP contribution in [0.3, 0.4) is 0 Å². The van der Waals surface area contributed by atoms with Crippen LogP contribution in [0, 0.1) is 0 Å². The molecule has 1 unspecified atom stereocenters. The van der Waals surface area contributed by atoms with E-state index in [-0.39, 0.29) is 11.7 Å². The minimum absolute atomic E-state index is 0.214. The topological polar surface area (TPSA) is 139 Å². The van der Waals surface area contributed by atoms with Gasteiger partial charge in [-0.2, -0.15) is 13.2 Å². The van der Waals surface area contributed by atoms with Gasteiger partial charge in [-0.25, -0.2) is 18.7 Å². The van der Waals surface area contributed by atoms with E-state index in [9.17, 15) is 13.2 Å². The van der Waals surface area contributed by atoms with Crippen molar-refractivity contribution in [1.82, 2.24) is 31.3 Å². The Morgan fingerprint density at radius 2 is 1.73 bits per heavy atom. The summed E-state index contributed by atoms with van der Waals surface area (Å²) in [6.45, 7) is 2.16. The summed E-state index contributed by atoms with van der Waals surface area (Å²) in [7, 11) is -2.62. The van der Waals surface area contributed by atoms with Gasteiger partial charge in [0.1, 0.15) is 0 Å². The van der Waals surface area contributed by atoms with Gasteiger partial charge in [-0.1, -0.05) is 6.07 Å². The predicted octanol–water partition coefficient (Wildman–Crippen LogP) is 2.11. The highest BCUT2D eigenvalue weighted by molar-refractivity contribution is 7.69. The van der Waals surface area contributed by atoms with Crippen molar-refractivity contribution in [2.24, 2.45) is 5.14 Å². The van der Waals surface area contributed by atoms with Crippen LogP contribution < -0.4 is 15.8 Å². The number of halogens is 3. The van der Waals surface area contributed by atoms with Gasteiger partial charge in [-0.05, 0) is 92.1 Å². The molecule has 1 aliphatic carbocycles. The van der Waals surface area contributed by atoms with E-state index in [2.05, 4.69) is 36.4 Å². The molecule has 9 nitrogen and oxygen atoms in total. The maximum atomic E-state index is 13.2. The van der Waals surface area contributed by atoms with Crippen LogP contribution >= 0.6 is 0 Å². The molecule has 2 heterocycles. The molecule has 0 amide bonds. The van der Waals surface area contributed by atoms with Crippen LogP contribution in [0.5, 0.6) is 0 Å². The van der Waals surface area contributed by atoms with Crippen LogP contribution in [0.25, 0.3) is 11.4 Å². The quantitative estimate of drug-likeness (QED) is 0.415. The van der Waals surface area contributed by atoms with Crippen molar-refractivity contribution >= 4 is 10.9 Å². The van der Waals surface area contributed by atoms with E-state index in [1.54, 1.807) is 6.07 Å². The lowest BCUT2D eigenvalue weighted by atomic mass is 9.79. The van der Waals surface area contributed by atoms with Crippen molar-refractivity contribution in [3.8, 4) is 11.4 Å². The summed E-state index contributed by atoms with van der Waals surface area (Å²) in [4.78, 5) is 0. The fourth-order valence-corrected chi connectivity index (χ4v) is 4.66. The number of aromatic nitrogens is 4. The zero-order valence-corrected chi connectivity index (χ0v) is 19.0. The van der Waals surface area contributed by atoms with E-state index < -0.39 is 22.6 Å². The molecule has 2 aromatic rings. The molecule has 4 rings (SSSR count). The molecule has 1 aliphatic heterocycles. The first-order chi connectivity index (χ1) is 15.7. The van der Waals surface area contributed by atoms with Crippen molar-refractivity contribution < 1.29 is 21.6 Å². The van der Waals surface area contributed by atoms with Gasteiger partial charge < -0.3 is 10.6 Å². The second kappa shape index (κ2) is 11.9. The lowest BCUT2D eigenvalue weighted by Crippen LogP contribution is -2.40. The minimum Gasteiger partial charge on any atom is -0.317 e. The number of benzene rings is 1. The van der Waals surface area contributed by atoms with Crippen LogP contribution in [0.1, 0.15) is 62.0 Å². The van der Waals surface area contributed by atoms with E-state index in [0.717, 1.165) is 50.8 Å². The van der Waals surface area contributed by atoms with Crippen molar-refractivity contribution in [2.75, 3.05) is 13.1 Å². The molecular weight excluding hydrogens is 459 g/mol. The fourth-order valence-electron chi connectivity index (χ4n) is 4.66. The van der Waals surface area contributed by atoms with Gasteiger partial charge in [0, 0.05) is 17.6 Å². The Bertz CT molecular complexity index is 930. The summed E-state index contributed by atoms with van der Waals surface area (Å²) >= 11 is 0. The highest BCUT2D eigenvalue weighted by atomic mass is 32.2. The number of tetrazole rings is 1. The third-order valence-corrected chi connectivity index (χ3v) is 6.20. The highest BCUT2D eigenvalue weighted by Gasteiger charge is 2.33. The van der Waals surface area contributed by atoms with Gasteiger partial charge in [0.15, 0.2) is 16.7 Å². The molecule has 1 aromatic carbocycles. The smallest absolute Gasteiger partial charge is 0.317 e. The predicted molar refractivity (Wildman–Crippen MR) is 118 cm³/mol. The number of aromatic amines is 1. The SMILES string of the molecule is FC(F)(F)c1ccc(C2CCC(NC3CCCNCC3)CC2)c(-c2nnn[nH]2)c1.N[SH](=O)=O. The summed E-state index contributed by atoms with van der Waals surface area (Å²) in [5.74, 6) is 0.503. The molecule has 1 atom stereocenters. The summed E-state index contributed by atoms with van der Waals surface area (Å²) in [6.07, 6.45) is 3.12. The number of H-pyrrole nitrogens is 1. The minimum atomic E-state index is -4.39. The lowest BCUT2D eigenvalue weighted by Gasteiger charge is -2.33. The molecule has 0 radical (unpaired) electrons. The van der Waals surface area contributed by atoms with Crippen LogP contribution in [0.4, 0.5) is 13.2 Å². The Hall–Kier alpha value is -2.09. The molecule has 2 fully saturated rings. The van der Waals surface area contributed by atoms with Crippen molar-refractivity contribution in [3.05, 3.63) is 29.3 Å².